The Hall–Kier alpha value is -1.12. The molecule has 0 saturated heterocycles. The van der Waals surface area contributed by atoms with E-state index >= 15 is 0 Å². The fourth-order valence-corrected chi connectivity index (χ4v) is 2.94. The van der Waals surface area contributed by atoms with Crippen LogP contribution in [0.3, 0.4) is 0 Å². The maximum Gasteiger partial charge on any atom is 0.137 e. The van der Waals surface area contributed by atoms with Crippen molar-refractivity contribution in [1.29, 1.82) is 0 Å². The smallest absolute Gasteiger partial charge is 0.137 e. The minimum atomic E-state index is 0.647. The molecule has 18 heavy (non-hydrogen) atoms. The highest BCUT2D eigenvalue weighted by molar-refractivity contribution is 7.99. The maximum atomic E-state index is 6.12. The van der Waals surface area contributed by atoms with Gasteiger partial charge in [0, 0.05) is 9.79 Å². The molecule has 0 heterocycles. The van der Waals surface area contributed by atoms with Crippen LogP contribution in [0.5, 0.6) is 5.75 Å². The van der Waals surface area contributed by atoms with E-state index in [1.807, 2.05) is 18.2 Å². The van der Waals surface area contributed by atoms with E-state index in [1.165, 1.54) is 10.5 Å². The zero-order valence-corrected chi connectivity index (χ0v) is 12.0. The van der Waals surface area contributed by atoms with Crippen LogP contribution in [0.15, 0.2) is 52.3 Å². The summed E-state index contributed by atoms with van der Waals surface area (Å²) in [7, 11) is 1.62. The first kappa shape index (κ1) is 13.3. The lowest BCUT2D eigenvalue weighted by atomic mass is 10.2. The molecule has 2 rings (SSSR count). The number of hydrogen-bond acceptors (Lipinski definition) is 2. The first-order valence-electron chi connectivity index (χ1n) is 5.83. The lowest BCUT2D eigenvalue weighted by Gasteiger charge is -2.07. The minimum absolute atomic E-state index is 0.647. The van der Waals surface area contributed by atoms with Gasteiger partial charge in [0.05, 0.1) is 12.1 Å². The SMILES string of the molecule is CCc1cccc(Sc2ccc(OC)c(Cl)c2)c1. The standard InChI is InChI=1S/C15H15ClOS/c1-3-11-5-4-6-12(9-11)18-13-7-8-15(17-2)14(16)10-13/h4-10H,3H2,1-2H3. The summed E-state index contributed by atoms with van der Waals surface area (Å²) in [6, 6.07) is 14.4. The highest BCUT2D eigenvalue weighted by Gasteiger charge is 2.03. The zero-order chi connectivity index (χ0) is 13.0. The van der Waals surface area contributed by atoms with E-state index in [0.717, 1.165) is 11.3 Å². The Bertz CT molecular complexity index is 540. The van der Waals surface area contributed by atoms with Crippen LogP contribution < -0.4 is 4.74 Å². The van der Waals surface area contributed by atoms with Gasteiger partial charge in [0.2, 0.25) is 0 Å². The molecule has 0 N–H and O–H groups in total. The second-order valence-corrected chi connectivity index (χ2v) is 5.45. The van der Waals surface area contributed by atoms with Gasteiger partial charge >= 0.3 is 0 Å². The van der Waals surface area contributed by atoms with Crippen molar-refractivity contribution in [1.82, 2.24) is 0 Å². The molecule has 0 spiro atoms. The molecule has 0 aliphatic rings. The number of rotatable bonds is 4. The highest BCUT2D eigenvalue weighted by atomic mass is 35.5. The maximum absolute atomic E-state index is 6.12. The highest BCUT2D eigenvalue weighted by Crippen LogP contribution is 2.33. The Labute approximate surface area is 117 Å². The summed E-state index contributed by atoms with van der Waals surface area (Å²) in [5.74, 6) is 0.711. The van der Waals surface area contributed by atoms with Crippen LogP contribution in [0.4, 0.5) is 0 Å². The largest absolute Gasteiger partial charge is 0.495 e. The molecule has 1 nitrogen and oxygen atoms in total. The molecule has 3 heteroatoms. The summed E-state index contributed by atoms with van der Waals surface area (Å²) in [6.45, 7) is 2.16. The van der Waals surface area contributed by atoms with Crippen molar-refractivity contribution < 1.29 is 4.74 Å². The van der Waals surface area contributed by atoms with Gasteiger partial charge in [-0.15, -0.1) is 0 Å². The van der Waals surface area contributed by atoms with Crippen molar-refractivity contribution >= 4 is 23.4 Å². The molecular formula is C15H15ClOS. The molecule has 0 saturated carbocycles. The minimum Gasteiger partial charge on any atom is -0.495 e. The van der Waals surface area contributed by atoms with Crippen molar-refractivity contribution in [2.75, 3.05) is 7.11 Å². The van der Waals surface area contributed by atoms with Gasteiger partial charge in [-0.3, -0.25) is 0 Å². The first-order valence-corrected chi connectivity index (χ1v) is 7.02. The van der Waals surface area contributed by atoms with Crippen LogP contribution >= 0.6 is 23.4 Å². The Morgan fingerprint density at radius 1 is 1.11 bits per heavy atom. The molecule has 0 atom stereocenters. The molecule has 94 valence electrons. The summed E-state index contributed by atoms with van der Waals surface area (Å²) >= 11 is 7.83. The molecule has 0 unspecified atom stereocenters. The van der Waals surface area contributed by atoms with Gasteiger partial charge < -0.3 is 4.74 Å². The molecule has 0 radical (unpaired) electrons. The Morgan fingerprint density at radius 2 is 1.89 bits per heavy atom. The Morgan fingerprint density at radius 3 is 2.56 bits per heavy atom. The fourth-order valence-electron chi connectivity index (χ4n) is 1.68. The molecule has 2 aromatic rings. The quantitative estimate of drug-likeness (QED) is 0.773. The van der Waals surface area contributed by atoms with Crippen LogP contribution in [0.1, 0.15) is 12.5 Å². The van der Waals surface area contributed by atoms with Gasteiger partial charge in [0.1, 0.15) is 5.75 Å². The molecular weight excluding hydrogens is 264 g/mol. The molecule has 0 fully saturated rings. The molecule has 2 aromatic carbocycles. The van der Waals surface area contributed by atoms with Crippen molar-refractivity contribution in [2.45, 2.75) is 23.1 Å². The van der Waals surface area contributed by atoms with E-state index in [2.05, 4.69) is 31.2 Å². The van der Waals surface area contributed by atoms with Gasteiger partial charge in [-0.2, -0.15) is 0 Å². The summed E-state index contributed by atoms with van der Waals surface area (Å²) < 4.78 is 5.15. The van der Waals surface area contributed by atoms with Crippen molar-refractivity contribution in [3.8, 4) is 5.75 Å². The number of ether oxygens (including phenoxy) is 1. The van der Waals surface area contributed by atoms with Gasteiger partial charge in [-0.25, -0.2) is 0 Å². The van der Waals surface area contributed by atoms with E-state index < -0.39 is 0 Å². The number of hydrogen-bond donors (Lipinski definition) is 0. The first-order chi connectivity index (χ1) is 8.72. The lowest BCUT2D eigenvalue weighted by molar-refractivity contribution is 0.414. The van der Waals surface area contributed by atoms with Gasteiger partial charge in [-0.1, -0.05) is 42.4 Å². The lowest BCUT2D eigenvalue weighted by Crippen LogP contribution is -1.84. The third kappa shape index (κ3) is 3.21. The number of aryl methyl sites for hydroxylation is 1. The summed E-state index contributed by atoms with van der Waals surface area (Å²) in [5.41, 5.74) is 1.35. The zero-order valence-electron chi connectivity index (χ0n) is 10.4. The van der Waals surface area contributed by atoms with E-state index in [4.69, 9.17) is 16.3 Å². The van der Waals surface area contributed by atoms with Crippen LogP contribution in [0, 0.1) is 0 Å². The van der Waals surface area contributed by atoms with E-state index in [-0.39, 0.29) is 0 Å². The van der Waals surface area contributed by atoms with Crippen LogP contribution in [-0.4, -0.2) is 7.11 Å². The summed E-state index contributed by atoms with van der Waals surface area (Å²) in [4.78, 5) is 2.35. The predicted octanol–water partition coefficient (Wildman–Crippen LogP) is 5.06. The Kier molecular flexibility index (Phi) is 4.56. The van der Waals surface area contributed by atoms with Crippen LogP contribution in [0.2, 0.25) is 5.02 Å². The fraction of sp³-hybridized carbons (Fsp3) is 0.200. The van der Waals surface area contributed by atoms with E-state index in [0.29, 0.717) is 10.8 Å². The number of methoxy groups -OCH3 is 1. The number of benzene rings is 2. The molecule has 0 aliphatic carbocycles. The third-order valence-corrected chi connectivity index (χ3v) is 3.94. The number of halogens is 1. The Balaban J connectivity index is 2.20. The average Bonchev–Trinajstić information content (AvgIpc) is 2.39. The van der Waals surface area contributed by atoms with Crippen molar-refractivity contribution in [3.63, 3.8) is 0 Å². The van der Waals surface area contributed by atoms with Gasteiger partial charge in [0.25, 0.3) is 0 Å². The second-order valence-electron chi connectivity index (χ2n) is 3.90. The van der Waals surface area contributed by atoms with Gasteiger partial charge in [0.15, 0.2) is 0 Å². The van der Waals surface area contributed by atoms with Crippen LogP contribution in [-0.2, 0) is 6.42 Å². The van der Waals surface area contributed by atoms with Crippen molar-refractivity contribution in [2.24, 2.45) is 0 Å². The van der Waals surface area contributed by atoms with E-state index in [9.17, 15) is 0 Å². The topological polar surface area (TPSA) is 9.23 Å². The molecule has 0 amide bonds. The predicted molar refractivity (Wildman–Crippen MR) is 77.9 cm³/mol. The monoisotopic (exact) mass is 278 g/mol. The summed E-state index contributed by atoms with van der Waals surface area (Å²) in [5, 5.41) is 0.647. The average molecular weight is 279 g/mol. The molecule has 0 bridgehead atoms. The molecule has 0 aromatic heterocycles. The normalized spacial score (nSPS) is 10.4. The summed E-state index contributed by atoms with van der Waals surface area (Å²) in [6.07, 6.45) is 1.05. The second kappa shape index (κ2) is 6.17. The third-order valence-electron chi connectivity index (χ3n) is 2.67. The van der Waals surface area contributed by atoms with Crippen LogP contribution in [0.25, 0.3) is 0 Å². The molecule has 0 aliphatic heterocycles. The van der Waals surface area contributed by atoms with Crippen molar-refractivity contribution in [3.05, 3.63) is 53.1 Å². The van der Waals surface area contributed by atoms with E-state index in [1.54, 1.807) is 18.9 Å². The van der Waals surface area contributed by atoms with Gasteiger partial charge in [-0.05, 0) is 42.3 Å².